The van der Waals surface area contributed by atoms with Gasteiger partial charge in [0.2, 0.25) is 0 Å². The molecule has 0 spiro atoms. The molecule has 0 saturated heterocycles. The van der Waals surface area contributed by atoms with Gasteiger partial charge in [0.05, 0.1) is 11.0 Å². The van der Waals surface area contributed by atoms with Crippen molar-refractivity contribution in [1.29, 1.82) is 0 Å². The summed E-state index contributed by atoms with van der Waals surface area (Å²) in [5, 5.41) is 1.98. The van der Waals surface area contributed by atoms with E-state index in [-0.39, 0.29) is 0 Å². The van der Waals surface area contributed by atoms with Crippen LogP contribution in [0.2, 0.25) is 0 Å². The van der Waals surface area contributed by atoms with E-state index >= 15 is 0 Å². The van der Waals surface area contributed by atoms with Gasteiger partial charge in [0.1, 0.15) is 0 Å². The molecule has 4 heterocycles. The molecular weight excluding hydrogens is 468 g/mol. The zero-order valence-electron chi connectivity index (χ0n) is 20.2. The van der Waals surface area contributed by atoms with Gasteiger partial charge in [-0.3, -0.25) is 15.0 Å². The fraction of sp³-hybridized carbons (Fsp3) is 0. The predicted octanol–water partition coefficient (Wildman–Crippen LogP) is 7.03. The topological polar surface area (TPSA) is 77.3 Å². The molecule has 0 unspecified atom stereocenters. The molecule has 178 valence electrons. The first-order valence-corrected chi connectivity index (χ1v) is 12.3. The quantitative estimate of drug-likeness (QED) is 0.265. The van der Waals surface area contributed by atoms with Crippen LogP contribution in [0.3, 0.4) is 0 Å². The molecule has 38 heavy (non-hydrogen) atoms. The average molecular weight is 489 g/mol. The standard InChI is InChI=1S/C32H20N6/c1-7-26(24-9-4-18-34-28(24)11-1)31-36-30(22-15-13-21(14-16-22)23-6-3-17-33-20-23)37-32(38-31)27-8-2-12-29-25(27)10-5-19-35-29/h1-20H. The van der Waals surface area contributed by atoms with Crippen molar-refractivity contribution in [2.45, 2.75) is 0 Å². The lowest BCUT2D eigenvalue weighted by Crippen LogP contribution is -2.01. The summed E-state index contributed by atoms with van der Waals surface area (Å²) in [5.74, 6) is 1.80. The zero-order valence-corrected chi connectivity index (χ0v) is 20.2. The summed E-state index contributed by atoms with van der Waals surface area (Å²) < 4.78 is 0. The van der Waals surface area contributed by atoms with E-state index in [1.807, 2.05) is 91.1 Å². The molecule has 0 aliphatic carbocycles. The maximum absolute atomic E-state index is 4.98. The summed E-state index contributed by atoms with van der Waals surface area (Å²) in [6, 6.07) is 32.2. The van der Waals surface area contributed by atoms with E-state index in [2.05, 4.69) is 27.1 Å². The lowest BCUT2D eigenvalue weighted by molar-refractivity contribution is 1.08. The molecule has 7 rings (SSSR count). The van der Waals surface area contributed by atoms with Gasteiger partial charge in [-0.25, -0.2) is 15.0 Å². The van der Waals surface area contributed by atoms with Crippen molar-refractivity contribution in [3.8, 4) is 45.3 Å². The lowest BCUT2D eigenvalue weighted by atomic mass is 10.0. The van der Waals surface area contributed by atoms with Crippen molar-refractivity contribution >= 4 is 21.8 Å². The highest BCUT2D eigenvalue weighted by Crippen LogP contribution is 2.32. The highest BCUT2D eigenvalue weighted by atomic mass is 15.0. The van der Waals surface area contributed by atoms with E-state index in [0.29, 0.717) is 17.5 Å². The Morgan fingerprint density at radius 1 is 0.395 bits per heavy atom. The van der Waals surface area contributed by atoms with E-state index in [1.54, 1.807) is 18.6 Å². The maximum Gasteiger partial charge on any atom is 0.164 e. The van der Waals surface area contributed by atoms with Crippen LogP contribution in [0.15, 0.2) is 122 Å². The molecular formula is C32H20N6. The lowest BCUT2D eigenvalue weighted by Gasteiger charge is -2.11. The van der Waals surface area contributed by atoms with Gasteiger partial charge in [0.25, 0.3) is 0 Å². The van der Waals surface area contributed by atoms with Crippen LogP contribution in [0.25, 0.3) is 67.1 Å². The minimum atomic E-state index is 0.598. The molecule has 6 heteroatoms. The molecule has 0 aliphatic heterocycles. The van der Waals surface area contributed by atoms with E-state index in [0.717, 1.165) is 49.6 Å². The van der Waals surface area contributed by atoms with E-state index in [1.165, 1.54) is 0 Å². The van der Waals surface area contributed by atoms with E-state index < -0.39 is 0 Å². The van der Waals surface area contributed by atoms with Gasteiger partial charge in [-0.15, -0.1) is 0 Å². The van der Waals surface area contributed by atoms with Crippen molar-refractivity contribution in [2.75, 3.05) is 0 Å². The zero-order chi connectivity index (χ0) is 25.3. The first-order valence-electron chi connectivity index (χ1n) is 12.3. The van der Waals surface area contributed by atoms with Crippen molar-refractivity contribution < 1.29 is 0 Å². The number of fused-ring (bicyclic) bond motifs is 2. The summed E-state index contributed by atoms with van der Waals surface area (Å²) in [6.07, 6.45) is 7.22. The van der Waals surface area contributed by atoms with Crippen molar-refractivity contribution in [2.24, 2.45) is 0 Å². The Bertz CT molecular complexity index is 1810. The Balaban J connectivity index is 1.44. The molecule has 0 aliphatic rings. The van der Waals surface area contributed by atoms with E-state index in [4.69, 9.17) is 15.0 Å². The van der Waals surface area contributed by atoms with Gasteiger partial charge >= 0.3 is 0 Å². The number of benzene rings is 3. The van der Waals surface area contributed by atoms with Crippen molar-refractivity contribution in [3.05, 3.63) is 122 Å². The second-order valence-electron chi connectivity index (χ2n) is 8.88. The summed E-state index contributed by atoms with van der Waals surface area (Å²) in [7, 11) is 0. The third-order valence-corrected chi connectivity index (χ3v) is 6.55. The number of nitrogens with zero attached hydrogens (tertiary/aromatic N) is 6. The van der Waals surface area contributed by atoms with Crippen LogP contribution in [0.4, 0.5) is 0 Å². The molecule has 6 nitrogen and oxygen atoms in total. The second kappa shape index (κ2) is 9.26. The first-order chi connectivity index (χ1) is 18.8. The molecule has 0 N–H and O–H groups in total. The molecule has 0 amide bonds. The molecule has 0 bridgehead atoms. The van der Waals surface area contributed by atoms with Crippen LogP contribution in [-0.2, 0) is 0 Å². The molecule has 0 fully saturated rings. The molecule has 4 aromatic heterocycles. The van der Waals surface area contributed by atoms with Crippen LogP contribution in [0.1, 0.15) is 0 Å². The molecule has 0 saturated carbocycles. The SMILES string of the molecule is c1cncc(-c2ccc(-c3nc(-c4cccc5ncccc45)nc(-c4cccc5ncccc45)n3)cc2)c1. The van der Waals surface area contributed by atoms with Crippen LogP contribution < -0.4 is 0 Å². The minimum Gasteiger partial charge on any atom is -0.264 e. The summed E-state index contributed by atoms with van der Waals surface area (Å²) in [5.41, 5.74) is 6.64. The van der Waals surface area contributed by atoms with Crippen LogP contribution in [0.5, 0.6) is 0 Å². The van der Waals surface area contributed by atoms with Crippen molar-refractivity contribution in [1.82, 2.24) is 29.9 Å². The monoisotopic (exact) mass is 488 g/mol. The Labute approximate surface area is 218 Å². The highest BCUT2D eigenvalue weighted by molar-refractivity contribution is 5.95. The van der Waals surface area contributed by atoms with Crippen LogP contribution in [0, 0.1) is 0 Å². The first kappa shape index (κ1) is 21.9. The maximum atomic E-state index is 4.98. The Hall–Kier alpha value is -5.36. The second-order valence-corrected chi connectivity index (χ2v) is 8.88. The number of rotatable bonds is 4. The number of pyridine rings is 3. The fourth-order valence-corrected chi connectivity index (χ4v) is 4.69. The van der Waals surface area contributed by atoms with Crippen molar-refractivity contribution in [3.63, 3.8) is 0 Å². The summed E-state index contributed by atoms with van der Waals surface area (Å²) in [6.45, 7) is 0. The largest absolute Gasteiger partial charge is 0.264 e. The molecule has 0 radical (unpaired) electrons. The fourth-order valence-electron chi connectivity index (χ4n) is 4.69. The highest BCUT2D eigenvalue weighted by Gasteiger charge is 2.16. The number of aromatic nitrogens is 6. The van der Waals surface area contributed by atoms with Gasteiger partial charge in [-0.2, -0.15) is 0 Å². The molecule has 7 aromatic rings. The van der Waals surface area contributed by atoms with Gasteiger partial charge in [0, 0.05) is 52.3 Å². The van der Waals surface area contributed by atoms with Gasteiger partial charge in [-0.1, -0.05) is 66.7 Å². The van der Waals surface area contributed by atoms with Gasteiger partial charge in [-0.05, 0) is 41.5 Å². The smallest absolute Gasteiger partial charge is 0.164 e. The minimum absolute atomic E-state index is 0.598. The van der Waals surface area contributed by atoms with Crippen LogP contribution >= 0.6 is 0 Å². The number of hydrogen-bond acceptors (Lipinski definition) is 6. The molecule has 3 aromatic carbocycles. The van der Waals surface area contributed by atoms with Gasteiger partial charge in [0.15, 0.2) is 17.5 Å². The average Bonchev–Trinajstić information content (AvgIpc) is 3.01. The Morgan fingerprint density at radius 3 is 1.53 bits per heavy atom. The number of hydrogen-bond donors (Lipinski definition) is 0. The van der Waals surface area contributed by atoms with Crippen LogP contribution in [-0.4, -0.2) is 29.9 Å². The summed E-state index contributed by atoms with van der Waals surface area (Å²) >= 11 is 0. The normalized spacial score (nSPS) is 11.2. The van der Waals surface area contributed by atoms with E-state index in [9.17, 15) is 0 Å². The third kappa shape index (κ3) is 3.94. The Morgan fingerprint density at radius 2 is 0.947 bits per heavy atom. The third-order valence-electron chi connectivity index (χ3n) is 6.55. The van der Waals surface area contributed by atoms with Gasteiger partial charge < -0.3 is 0 Å². The predicted molar refractivity (Wildman–Crippen MR) is 150 cm³/mol. The molecule has 0 atom stereocenters. The summed E-state index contributed by atoms with van der Waals surface area (Å²) in [4.78, 5) is 28.2. The Kier molecular flexibility index (Phi) is 5.33.